The minimum atomic E-state index is -0.841. The molecule has 4 atom stereocenters. The molecular formula is C25H25N3O6. The van der Waals surface area contributed by atoms with E-state index in [4.69, 9.17) is 14.2 Å². The van der Waals surface area contributed by atoms with Gasteiger partial charge in [-0.2, -0.15) is 0 Å². The van der Waals surface area contributed by atoms with Gasteiger partial charge >= 0.3 is 0 Å². The van der Waals surface area contributed by atoms with Gasteiger partial charge in [-0.3, -0.25) is 14.4 Å². The fourth-order valence-corrected chi connectivity index (χ4v) is 5.05. The number of benzene rings is 2. The Morgan fingerprint density at radius 3 is 2.32 bits per heavy atom. The average Bonchev–Trinajstić information content (AvgIpc) is 3.47. The molecule has 5 rings (SSSR count). The van der Waals surface area contributed by atoms with E-state index in [1.165, 1.54) is 21.1 Å². The van der Waals surface area contributed by atoms with Crippen molar-refractivity contribution in [3.63, 3.8) is 0 Å². The van der Waals surface area contributed by atoms with Crippen LogP contribution in [0.4, 0.5) is 17.1 Å². The Morgan fingerprint density at radius 2 is 1.71 bits per heavy atom. The first-order chi connectivity index (χ1) is 16.3. The molecule has 1 spiro atoms. The number of carbonyl (C=O) groups is 3. The molecule has 0 saturated carbocycles. The van der Waals surface area contributed by atoms with Crippen LogP contribution in [0.1, 0.15) is 6.92 Å². The van der Waals surface area contributed by atoms with Crippen molar-refractivity contribution < 1.29 is 28.6 Å². The molecule has 2 aromatic rings. The lowest BCUT2D eigenvalue weighted by molar-refractivity contribution is -0.128. The molecule has 3 amide bonds. The van der Waals surface area contributed by atoms with E-state index < -0.39 is 23.5 Å². The average molecular weight is 463 g/mol. The summed E-state index contributed by atoms with van der Waals surface area (Å²) in [5.74, 6) is -0.850. The summed E-state index contributed by atoms with van der Waals surface area (Å²) < 4.78 is 16.8. The maximum atomic E-state index is 13.5. The van der Waals surface area contributed by atoms with E-state index in [9.17, 15) is 14.4 Å². The van der Waals surface area contributed by atoms with Crippen molar-refractivity contribution in [3.8, 4) is 11.5 Å². The number of amides is 3. The molecular weight excluding hydrogens is 438 g/mol. The lowest BCUT2D eigenvalue weighted by Crippen LogP contribution is -2.41. The van der Waals surface area contributed by atoms with Crippen LogP contribution < -0.4 is 25.0 Å². The van der Waals surface area contributed by atoms with Crippen molar-refractivity contribution >= 4 is 34.8 Å². The summed E-state index contributed by atoms with van der Waals surface area (Å²) in [6.07, 6.45) is 3.30. The zero-order valence-corrected chi connectivity index (χ0v) is 19.0. The highest BCUT2D eigenvalue weighted by atomic mass is 16.5. The Kier molecular flexibility index (Phi) is 5.28. The Bertz CT molecular complexity index is 1170. The van der Waals surface area contributed by atoms with Crippen LogP contribution in [0.3, 0.4) is 0 Å². The first kappa shape index (κ1) is 22.0. The standard InChI is InChI=1S/C25H25N3O6/c1-14(29)26-15-4-6-17(7-5-15)28-13-25-9-8-20(34-25)21(22(25)24(28)31)23(30)27-16-10-18(32-2)12-19(11-16)33-3/h4-12,20-22H,13H2,1-3H3,(H,26,29)(H,27,30). The van der Waals surface area contributed by atoms with Gasteiger partial charge < -0.3 is 29.7 Å². The predicted octanol–water partition coefficient (Wildman–Crippen LogP) is 2.59. The molecule has 2 saturated heterocycles. The summed E-state index contributed by atoms with van der Waals surface area (Å²) in [5.41, 5.74) is 0.994. The van der Waals surface area contributed by atoms with Gasteiger partial charge in [-0.25, -0.2) is 0 Å². The summed E-state index contributed by atoms with van der Waals surface area (Å²) in [6, 6.07) is 12.1. The summed E-state index contributed by atoms with van der Waals surface area (Å²) in [4.78, 5) is 39.8. The topological polar surface area (TPSA) is 106 Å². The minimum absolute atomic E-state index is 0.164. The third kappa shape index (κ3) is 3.58. The Morgan fingerprint density at radius 1 is 1.03 bits per heavy atom. The van der Waals surface area contributed by atoms with E-state index in [1.807, 2.05) is 12.2 Å². The van der Waals surface area contributed by atoms with Crippen LogP contribution in [0.2, 0.25) is 0 Å². The molecule has 176 valence electrons. The SMILES string of the molecule is COc1cc(NC(=O)C2C3C=CC4(CN(c5ccc(NC(C)=O)cc5)C(=O)C24)O3)cc(OC)c1. The summed E-state index contributed by atoms with van der Waals surface area (Å²) in [5, 5.41) is 5.62. The summed E-state index contributed by atoms with van der Waals surface area (Å²) in [7, 11) is 3.07. The molecule has 3 aliphatic heterocycles. The summed E-state index contributed by atoms with van der Waals surface area (Å²) >= 11 is 0. The van der Waals surface area contributed by atoms with E-state index in [0.29, 0.717) is 35.1 Å². The molecule has 9 nitrogen and oxygen atoms in total. The number of fused-ring (bicyclic) bond motifs is 1. The maximum Gasteiger partial charge on any atom is 0.234 e. The minimum Gasteiger partial charge on any atom is -0.497 e. The van der Waals surface area contributed by atoms with Crippen LogP contribution in [0.15, 0.2) is 54.6 Å². The van der Waals surface area contributed by atoms with Crippen molar-refractivity contribution in [1.29, 1.82) is 0 Å². The second-order valence-electron chi connectivity index (χ2n) is 8.64. The molecule has 2 N–H and O–H groups in total. The Hall–Kier alpha value is -3.85. The first-order valence-corrected chi connectivity index (χ1v) is 10.9. The largest absolute Gasteiger partial charge is 0.497 e. The Balaban J connectivity index is 1.38. The van der Waals surface area contributed by atoms with Gasteiger partial charge in [-0.05, 0) is 24.3 Å². The number of methoxy groups -OCH3 is 2. The Labute approximate surface area is 196 Å². The monoisotopic (exact) mass is 463 g/mol. The van der Waals surface area contributed by atoms with Crippen molar-refractivity contribution in [2.24, 2.45) is 11.8 Å². The van der Waals surface area contributed by atoms with E-state index in [1.54, 1.807) is 47.4 Å². The smallest absolute Gasteiger partial charge is 0.234 e. The van der Waals surface area contributed by atoms with E-state index >= 15 is 0 Å². The van der Waals surface area contributed by atoms with Gasteiger partial charge in [0.25, 0.3) is 0 Å². The molecule has 4 unspecified atom stereocenters. The zero-order valence-electron chi connectivity index (χ0n) is 19.0. The molecule has 34 heavy (non-hydrogen) atoms. The van der Waals surface area contributed by atoms with Gasteiger partial charge in [0, 0.05) is 42.2 Å². The predicted molar refractivity (Wildman–Crippen MR) is 125 cm³/mol. The third-order valence-corrected chi connectivity index (χ3v) is 6.52. The van der Waals surface area contributed by atoms with Crippen LogP contribution in [0.5, 0.6) is 11.5 Å². The van der Waals surface area contributed by atoms with Gasteiger partial charge in [-0.15, -0.1) is 0 Å². The lowest BCUT2D eigenvalue weighted by atomic mass is 9.77. The normalized spacial score (nSPS) is 26.4. The van der Waals surface area contributed by atoms with Gasteiger partial charge in [0.15, 0.2) is 0 Å². The fourth-order valence-electron chi connectivity index (χ4n) is 5.05. The molecule has 2 fully saturated rings. The van der Waals surface area contributed by atoms with Crippen LogP contribution in [-0.4, -0.2) is 50.2 Å². The van der Waals surface area contributed by atoms with Gasteiger partial charge in [0.2, 0.25) is 17.7 Å². The molecule has 2 bridgehead atoms. The van der Waals surface area contributed by atoms with Crippen molar-refractivity contribution in [1.82, 2.24) is 0 Å². The molecule has 9 heteroatoms. The molecule has 0 aliphatic carbocycles. The number of hydrogen-bond acceptors (Lipinski definition) is 6. The number of nitrogens with one attached hydrogen (secondary N) is 2. The van der Waals surface area contributed by atoms with Crippen LogP contribution >= 0.6 is 0 Å². The van der Waals surface area contributed by atoms with Crippen molar-refractivity contribution in [3.05, 3.63) is 54.6 Å². The third-order valence-electron chi connectivity index (χ3n) is 6.52. The van der Waals surface area contributed by atoms with Crippen LogP contribution in [0, 0.1) is 11.8 Å². The van der Waals surface area contributed by atoms with E-state index in [-0.39, 0.29) is 17.7 Å². The highest BCUT2D eigenvalue weighted by molar-refractivity contribution is 6.05. The molecule has 0 aromatic heterocycles. The lowest BCUT2D eigenvalue weighted by Gasteiger charge is -2.23. The van der Waals surface area contributed by atoms with Crippen molar-refractivity contribution in [2.75, 3.05) is 36.3 Å². The number of anilines is 3. The highest BCUT2D eigenvalue weighted by Gasteiger charge is 2.67. The highest BCUT2D eigenvalue weighted by Crippen LogP contribution is 2.53. The quantitative estimate of drug-likeness (QED) is 0.638. The van der Waals surface area contributed by atoms with Crippen LogP contribution in [0.25, 0.3) is 0 Å². The van der Waals surface area contributed by atoms with E-state index in [0.717, 1.165) is 0 Å². The first-order valence-electron chi connectivity index (χ1n) is 10.9. The molecule has 3 heterocycles. The molecule has 0 radical (unpaired) electrons. The summed E-state index contributed by atoms with van der Waals surface area (Å²) in [6.45, 7) is 1.75. The van der Waals surface area contributed by atoms with Gasteiger partial charge in [0.1, 0.15) is 17.1 Å². The fraction of sp³-hybridized carbons (Fsp3) is 0.320. The number of ether oxygens (including phenoxy) is 3. The number of rotatable bonds is 6. The van der Waals surface area contributed by atoms with Gasteiger partial charge in [0.05, 0.1) is 38.7 Å². The molecule has 3 aliphatic rings. The zero-order chi connectivity index (χ0) is 24.0. The van der Waals surface area contributed by atoms with Crippen molar-refractivity contribution in [2.45, 2.75) is 18.6 Å². The number of hydrogen-bond donors (Lipinski definition) is 2. The maximum absolute atomic E-state index is 13.5. The second-order valence-corrected chi connectivity index (χ2v) is 8.64. The second kappa shape index (κ2) is 8.18. The number of nitrogens with zero attached hydrogens (tertiary/aromatic N) is 1. The van der Waals surface area contributed by atoms with E-state index in [2.05, 4.69) is 10.6 Å². The van der Waals surface area contributed by atoms with Crippen LogP contribution in [-0.2, 0) is 19.1 Å². The van der Waals surface area contributed by atoms with Gasteiger partial charge in [-0.1, -0.05) is 12.2 Å². The molecule has 2 aromatic carbocycles. The number of carbonyl (C=O) groups excluding carboxylic acids is 3.